The van der Waals surface area contributed by atoms with Crippen LogP contribution in [0, 0.1) is 6.92 Å². The lowest BCUT2D eigenvalue weighted by molar-refractivity contribution is 0.0916. The average Bonchev–Trinajstić information content (AvgIpc) is 2.68. The average molecular weight is 222 g/mol. The fourth-order valence-corrected chi connectivity index (χ4v) is 2.12. The minimum Gasteiger partial charge on any atom is -0.346 e. The van der Waals surface area contributed by atoms with Crippen molar-refractivity contribution in [1.29, 1.82) is 0 Å². The van der Waals surface area contributed by atoms with Gasteiger partial charge in [0.05, 0.1) is 0 Å². The highest BCUT2D eigenvalue weighted by atomic mass is 16.2. The molecule has 2 atom stereocenters. The fourth-order valence-electron chi connectivity index (χ4n) is 2.12. The molecule has 1 fully saturated rings. The summed E-state index contributed by atoms with van der Waals surface area (Å²) in [7, 11) is 0. The fraction of sp³-hybridized carbons (Fsp3) is 0.636. The van der Waals surface area contributed by atoms with Crippen molar-refractivity contribution in [2.75, 3.05) is 0 Å². The Bertz CT molecular complexity index is 374. The second-order valence-electron chi connectivity index (χ2n) is 4.46. The Hall–Kier alpha value is -1.36. The first-order valence-electron chi connectivity index (χ1n) is 5.75. The number of aryl methyl sites for hydroxylation is 1. The molecule has 1 aromatic heterocycles. The maximum absolute atomic E-state index is 11.8. The highest BCUT2D eigenvalue weighted by Gasteiger charge is 2.24. The van der Waals surface area contributed by atoms with Gasteiger partial charge in [-0.3, -0.25) is 9.89 Å². The summed E-state index contributed by atoms with van der Waals surface area (Å²) in [5.41, 5.74) is 7.29. The Kier molecular flexibility index (Phi) is 3.24. The van der Waals surface area contributed by atoms with Gasteiger partial charge in [0.25, 0.3) is 5.91 Å². The Morgan fingerprint density at radius 1 is 1.56 bits per heavy atom. The molecule has 0 bridgehead atoms. The second-order valence-corrected chi connectivity index (χ2v) is 4.46. The van der Waals surface area contributed by atoms with Crippen LogP contribution in [0.2, 0.25) is 0 Å². The Morgan fingerprint density at radius 3 is 2.94 bits per heavy atom. The summed E-state index contributed by atoms with van der Waals surface area (Å²) in [6.45, 7) is 1.87. The first-order chi connectivity index (χ1) is 7.66. The molecule has 0 saturated heterocycles. The first-order valence-corrected chi connectivity index (χ1v) is 5.75. The minimum absolute atomic E-state index is 0.0812. The quantitative estimate of drug-likeness (QED) is 0.689. The van der Waals surface area contributed by atoms with Gasteiger partial charge in [-0.15, -0.1) is 0 Å². The van der Waals surface area contributed by atoms with E-state index in [-0.39, 0.29) is 18.0 Å². The number of nitrogens with zero attached hydrogens (tertiary/aromatic N) is 1. The zero-order valence-electron chi connectivity index (χ0n) is 9.49. The van der Waals surface area contributed by atoms with E-state index in [9.17, 15) is 4.79 Å². The molecule has 2 rings (SSSR count). The normalized spacial score (nSPS) is 25.4. The number of nitrogens with two attached hydrogens (primary N) is 1. The van der Waals surface area contributed by atoms with Gasteiger partial charge in [-0.1, -0.05) is 12.8 Å². The van der Waals surface area contributed by atoms with E-state index < -0.39 is 0 Å². The van der Waals surface area contributed by atoms with Crippen LogP contribution in [-0.2, 0) is 0 Å². The number of amides is 1. The van der Waals surface area contributed by atoms with Gasteiger partial charge >= 0.3 is 0 Å². The summed E-state index contributed by atoms with van der Waals surface area (Å²) in [6, 6.07) is 1.92. The number of carbonyl (C=O) groups is 1. The van der Waals surface area contributed by atoms with Crippen molar-refractivity contribution in [3.05, 3.63) is 17.5 Å². The van der Waals surface area contributed by atoms with Gasteiger partial charge in [-0.2, -0.15) is 5.10 Å². The van der Waals surface area contributed by atoms with E-state index in [1.807, 2.05) is 6.92 Å². The monoisotopic (exact) mass is 222 g/mol. The maximum atomic E-state index is 11.8. The molecule has 1 aliphatic carbocycles. The van der Waals surface area contributed by atoms with E-state index in [1.165, 1.54) is 0 Å². The zero-order valence-corrected chi connectivity index (χ0v) is 9.49. The summed E-state index contributed by atoms with van der Waals surface area (Å²) in [5.74, 6) is -0.133. The predicted molar refractivity (Wildman–Crippen MR) is 61.0 cm³/mol. The van der Waals surface area contributed by atoms with Gasteiger partial charge in [-0.05, 0) is 25.8 Å². The summed E-state index contributed by atoms with van der Waals surface area (Å²) >= 11 is 0. The van der Waals surface area contributed by atoms with Crippen LogP contribution in [0.4, 0.5) is 0 Å². The molecule has 1 amide bonds. The van der Waals surface area contributed by atoms with Crippen molar-refractivity contribution in [2.24, 2.45) is 5.73 Å². The standard InChI is InChI=1S/C11H18N4O/c1-7-6-10(15-14-7)11(16)13-9-5-3-2-4-8(9)12/h6,8-9H,2-5,12H2,1H3,(H,13,16)(H,14,15)/t8-,9+/m0/s1. The number of aromatic nitrogens is 2. The number of hydrogen-bond acceptors (Lipinski definition) is 3. The third-order valence-corrected chi connectivity index (χ3v) is 3.07. The molecule has 5 nitrogen and oxygen atoms in total. The third kappa shape index (κ3) is 2.41. The molecule has 1 aromatic rings. The number of H-pyrrole nitrogens is 1. The minimum atomic E-state index is -0.133. The number of nitrogens with one attached hydrogen (secondary N) is 2. The van der Waals surface area contributed by atoms with E-state index in [2.05, 4.69) is 15.5 Å². The maximum Gasteiger partial charge on any atom is 0.272 e. The van der Waals surface area contributed by atoms with E-state index in [0.29, 0.717) is 5.69 Å². The van der Waals surface area contributed by atoms with Gasteiger partial charge in [0.1, 0.15) is 5.69 Å². The van der Waals surface area contributed by atoms with Gasteiger partial charge in [0, 0.05) is 17.8 Å². The summed E-state index contributed by atoms with van der Waals surface area (Å²) in [4.78, 5) is 11.8. The molecule has 1 aliphatic rings. The molecule has 1 heterocycles. The second kappa shape index (κ2) is 4.65. The molecule has 1 saturated carbocycles. The molecular formula is C11H18N4O. The van der Waals surface area contributed by atoms with Crippen LogP contribution >= 0.6 is 0 Å². The lowest BCUT2D eigenvalue weighted by atomic mass is 9.91. The topological polar surface area (TPSA) is 83.8 Å². The van der Waals surface area contributed by atoms with Crippen molar-refractivity contribution in [1.82, 2.24) is 15.5 Å². The SMILES string of the molecule is Cc1cc(C(=O)N[C@@H]2CCCC[C@@H]2N)n[nH]1. The lowest BCUT2D eigenvalue weighted by Crippen LogP contribution is -2.49. The number of carbonyl (C=O) groups excluding carboxylic acids is 1. The molecule has 0 aromatic carbocycles. The van der Waals surface area contributed by atoms with E-state index >= 15 is 0 Å². The van der Waals surface area contributed by atoms with Crippen LogP contribution in [0.25, 0.3) is 0 Å². The van der Waals surface area contributed by atoms with Crippen molar-refractivity contribution in [3.63, 3.8) is 0 Å². The smallest absolute Gasteiger partial charge is 0.272 e. The van der Waals surface area contributed by atoms with Crippen molar-refractivity contribution in [3.8, 4) is 0 Å². The van der Waals surface area contributed by atoms with Crippen molar-refractivity contribution < 1.29 is 4.79 Å². The molecule has 0 spiro atoms. The molecule has 88 valence electrons. The third-order valence-electron chi connectivity index (χ3n) is 3.07. The molecule has 0 unspecified atom stereocenters. The summed E-state index contributed by atoms with van der Waals surface area (Å²) in [6.07, 6.45) is 4.26. The van der Waals surface area contributed by atoms with E-state index in [4.69, 9.17) is 5.73 Å². The number of aromatic amines is 1. The molecule has 4 N–H and O–H groups in total. The Morgan fingerprint density at radius 2 is 2.31 bits per heavy atom. The number of hydrogen-bond donors (Lipinski definition) is 3. The van der Waals surface area contributed by atoms with Crippen LogP contribution in [0.5, 0.6) is 0 Å². The summed E-state index contributed by atoms with van der Waals surface area (Å²) in [5, 5.41) is 9.64. The van der Waals surface area contributed by atoms with E-state index in [0.717, 1.165) is 31.4 Å². The van der Waals surface area contributed by atoms with Crippen molar-refractivity contribution in [2.45, 2.75) is 44.7 Å². The highest BCUT2D eigenvalue weighted by Crippen LogP contribution is 2.17. The Balaban J connectivity index is 1.96. The van der Waals surface area contributed by atoms with Crippen molar-refractivity contribution >= 4 is 5.91 Å². The Labute approximate surface area is 94.8 Å². The van der Waals surface area contributed by atoms with Crippen LogP contribution in [0.1, 0.15) is 41.9 Å². The molecule has 5 heteroatoms. The van der Waals surface area contributed by atoms with Gasteiger partial charge < -0.3 is 11.1 Å². The van der Waals surface area contributed by atoms with Gasteiger partial charge in [-0.25, -0.2) is 0 Å². The van der Waals surface area contributed by atoms with Gasteiger partial charge in [0.15, 0.2) is 0 Å². The predicted octanol–water partition coefficient (Wildman–Crippen LogP) is 0.718. The molecule has 0 radical (unpaired) electrons. The lowest BCUT2D eigenvalue weighted by Gasteiger charge is -2.28. The van der Waals surface area contributed by atoms with Crippen LogP contribution in [-0.4, -0.2) is 28.2 Å². The van der Waals surface area contributed by atoms with Crippen LogP contribution < -0.4 is 11.1 Å². The highest BCUT2D eigenvalue weighted by molar-refractivity contribution is 5.92. The first kappa shape index (κ1) is 11.1. The number of rotatable bonds is 2. The molecule has 0 aliphatic heterocycles. The summed E-state index contributed by atoms with van der Waals surface area (Å²) < 4.78 is 0. The van der Waals surface area contributed by atoms with E-state index in [1.54, 1.807) is 6.07 Å². The zero-order chi connectivity index (χ0) is 11.5. The van der Waals surface area contributed by atoms with Crippen LogP contribution in [0.15, 0.2) is 6.07 Å². The largest absolute Gasteiger partial charge is 0.346 e. The van der Waals surface area contributed by atoms with Gasteiger partial charge in [0.2, 0.25) is 0 Å². The molecular weight excluding hydrogens is 204 g/mol. The molecule has 16 heavy (non-hydrogen) atoms. The van der Waals surface area contributed by atoms with Crippen LogP contribution in [0.3, 0.4) is 0 Å².